The van der Waals surface area contributed by atoms with Crippen molar-refractivity contribution in [2.24, 2.45) is 5.73 Å². The molecule has 2 rings (SSSR count). The first-order valence-electron chi connectivity index (χ1n) is 5.63. The summed E-state index contributed by atoms with van der Waals surface area (Å²) in [5, 5.41) is 0.629. The zero-order valence-electron chi connectivity index (χ0n) is 10.7. The van der Waals surface area contributed by atoms with E-state index in [-0.39, 0.29) is 0 Å². The zero-order chi connectivity index (χ0) is 13.1. The van der Waals surface area contributed by atoms with Gasteiger partial charge in [0.2, 0.25) is 0 Å². The van der Waals surface area contributed by atoms with Crippen molar-refractivity contribution in [2.45, 2.75) is 20.4 Å². The van der Waals surface area contributed by atoms with E-state index in [0.717, 1.165) is 16.1 Å². The van der Waals surface area contributed by atoms with Crippen LogP contribution in [0.1, 0.15) is 16.1 Å². The van der Waals surface area contributed by atoms with E-state index in [1.54, 1.807) is 7.11 Å². The van der Waals surface area contributed by atoms with Crippen LogP contribution < -0.4 is 15.2 Å². The Morgan fingerprint density at radius 3 is 2.61 bits per heavy atom. The van der Waals surface area contributed by atoms with Gasteiger partial charge in [-0.25, -0.2) is 4.98 Å². The number of ether oxygens (including phenoxy) is 2. The average molecular weight is 264 g/mol. The highest BCUT2D eigenvalue weighted by Gasteiger charge is 2.10. The molecule has 18 heavy (non-hydrogen) atoms. The van der Waals surface area contributed by atoms with E-state index in [0.29, 0.717) is 23.2 Å². The number of rotatable bonds is 4. The maximum Gasteiger partial charge on any atom is 0.279 e. The van der Waals surface area contributed by atoms with Gasteiger partial charge in [-0.05, 0) is 31.5 Å². The molecular weight excluding hydrogens is 248 g/mol. The molecule has 0 fully saturated rings. The number of hydrogen-bond donors (Lipinski definition) is 1. The van der Waals surface area contributed by atoms with Gasteiger partial charge in [-0.15, -0.1) is 0 Å². The van der Waals surface area contributed by atoms with Crippen LogP contribution in [-0.4, -0.2) is 12.1 Å². The Labute approximate surface area is 110 Å². The van der Waals surface area contributed by atoms with Gasteiger partial charge in [-0.2, -0.15) is 0 Å². The van der Waals surface area contributed by atoms with E-state index in [4.69, 9.17) is 15.2 Å². The van der Waals surface area contributed by atoms with Crippen LogP contribution in [0.2, 0.25) is 0 Å². The molecule has 5 heteroatoms. The molecule has 1 aromatic heterocycles. The molecule has 0 atom stereocenters. The smallest absolute Gasteiger partial charge is 0.279 e. The third-order valence-electron chi connectivity index (χ3n) is 2.67. The molecule has 0 radical (unpaired) electrons. The highest BCUT2D eigenvalue weighted by molar-refractivity contribution is 7.13. The molecule has 4 nitrogen and oxygen atoms in total. The molecule has 1 aromatic carbocycles. The predicted molar refractivity (Wildman–Crippen MR) is 72.5 cm³/mol. The van der Waals surface area contributed by atoms with Gasteiger partial charge in [0.15, 0.2) is 11.5 Å². The summed E-state index contributed by atoms with van der Waals surface area (Å²) in [6.07, 6.45) is 0. The van der Waals surface area contributed by atoms with E-state index in [1.165, 1.54) is 11.3 Å². The summed E-state index contributed by atoms with van der Waals surface area (Å²) in [7, 11) is 1.61. The van der Waals surface area contributed by atoms with Crippen LogP contribution in [-0.2, 0) is 6.54 Å². The number of thiazole rings is 1. The number of aryl methyl sites for hydroxylation is 2. The van der Waals surface area contributed by atoms with E-state index in [2.05, 4.69) is 4.98 Å². The number of aromatic nitrogens is 1. The van der Waals surface area contributed by atoms with Crippen molar-refractivity contribution in [1.82, 2.24) is 4.98 Å². The Balaban J connectivity index is 2.28. The molecule has 0 aliphatic carbocycles. The van der Waals surface area contributed by atoms with Crippen molar-refractivity contribution in [2.75, 3.05) is 7.11 Å². The van der Waals surface area contributed by atoms with Gasteiger partial charge in [-0.3, -0.25) is 0 Å². The van der Waals surface area contributed by atoms with Crippen molar-refractivity contribution < 1.29 is 9.47 Å². The van der Waals surface area contributed by atoms with E-state index < -0.39 is 0 Å². The van der Waals surface area contributed by atoms with Gasteiger partial charge in [0.1, 0.15) is 0 Å². The summed E-state index contributed by atoms with van der Waals surface area (Å²) in [6.45, 7) is 4.47. The Morgan fingerprint density at radius 2 is 2.06 bits per heavy atom. The Morgan fingerprint density at radius 1 is 1.28 bits per heavy atom. The van der Waals surface area contributed by atoms with Gasteiger partial charge in [0, 0.05) is 11.4 Å². The second-order valence-corrected chi connectivity index (χ2v) is 5.08. The van der Waals surface area contributed by atoms with Crippen molar-refractivity contribution >= 4 is 11.3 Å². The lowest BCUT2D eigenvalue weighted by Crippen LogP contribution is -1.98. The molecule has 2 aromatic rings. The highest BCUT2D eigenvalue weighted by Crippen LogP contribution is 2.34. The van der Waals surface area contributed by atoms with Crippen LogP contribution in [0.4, 0.5) is 0 Å². The zero-order valence-corrected chi connectivity index (χ0v) is 11.5. The first kappa shape index (κ1) is 12.9. The maximum atomic E-state index is 5.74. The molecule has 2 N–H and O–H groups in total. The Bertz CT molecular complexity index is 532. The van der Waals surface area contributed by atoms with E-state index in [9.17, 15) is 0 Å². The number of methoxy groups -OCH3 is 1. The molecular formula is C13H16N2O2S. The van der Waals surface area contributed by atoms with Crippen LogP contribution in [0, 0.1) is 13.8 Å². The number of nitrogens with two attached hydrogens (primary N) is 1. The first-order chi connectivity index (χ1) is 8.63. The summed E-state index contributed by atoms with van der Waals surface area (Å²) in [6, 6.07) is 5.65. The summed E-state index contributed by atoms with van der Waals surface area (Å²) < 4.78 is 11.0. The lowest BCUT2D eigenvalue weighted by molar-refractivity contribution is 0.377. The topological polar surface area (TPSA) is 57.4 Å². The van der Waals surface area contributed by atoms with Crippen molar-refractivity contribution in [1.29, 1.82) is 0 Å². The van der Waals surface area contributed by atoms with E-state index >= 15 is 0 Å². The fourth-order valence-corrected chi connectivity index (χ4v) is 2.27. The van der Waals surface area contributed by atoms with Crippen molar-refractivity contribution in [3.05, 3.63) is 34.3 Å². The quantitative estimate of drug-likeness (QED) is 0.922. The minimum atomic E-state index is 0.478. The molecule has 0 aliphatic heterocycles. The highest BCUT2D eigenvalue weighted by atomic mass is 32.1. The monoisotopic (exact) mass is 264 g/mol. The largest absolute Gasteiger partial charge is 0.493 e. The second-order valence-electron chi connectivity index (χ2n) is 3.91. The molecule has 0 bridgehead atoms. The van der Waals surface area contributed by atoms with Crippen LogP contribution in [0.3, 0.4) is 0 Å². The van der Waals surface area contributed by atoms with Gasteiger partial charge >= 0.3 is 0 Å². The van der Waals surface area contributed by atoms with E-state index in [1.807, 2.05) is 32.0 Å². The van der Waals surface area contributed by atoms with Crippen LogP contribution in [0.25, 0.3) is 0 Å². The van der Waals surface area contributed by atoms with Crippen molar-refractivity contribution in [3.8, 4) is 16.7 Å². The van der Waals surface area contributed by atoms with Gasteiger partial charge in [0.25, 0.3) is 5.19 Å². The minimum Gasteiger partial charge on any atom is -0.493 e. The Kier molecular flexibility index (Phi) is 3.84. The van der Waals surface area contributed by atoms with Gasteiger partial charge < -0.3 is 15.2 Å². The first-order valence-corrected chi connectivity index (χ1v) is 6.44. The lowest BCUT2D eigenvalue weighted by atomic mass is 10.2. The molecule has 0 amide bonds. The van der Waals surface area contributed by atoms with Crippen LogP contribution in [0.15, 0.2) is 18.2 Å². The third-order valence-corrected chi connectivity index (χ3v) is 3.62. The van der Waals surface area contributed by atoms with Crippen LogP contribution in [0.5, 0.6) is 16.7 Å². The molecule has 0 unspecified atom stereocenters. The molecule has 0 saturated carbocycles. The Hall–Kier alpha value is -1.59. The predicted octanol–water partition coefficient (Wildman–Crippen LogP) is 3.02. The van der Waals surface area contributed by atoms with Gasteiger partial charge in [0.05, 0.1) is 12.8 Å². The fourth-order valence-electron chi connectivity index (χ4n) is 1.50. The molecule has 0 spiro atoms. The molecule has 1 heterocycles. The molecule has 0 aliphatic rings. The summed E-state index contributed by atoms with van der Waals surface area (Å²) >= 11 is 1.52. The fraction of sp³-hybridized carbons (Fsp3) is 0.308. The third kappa shape index (κ3) is 2.63. The van der Waals surface area contributed by atoms with Crippen molar-refractivity contribution in [3.63, 3.8) is 0 Å². The van der Waals surface area contributed by atoms with Gasteiger partial charge in [-0.1, -0.05) is 17.4 Å². The standard InChI is InChI=1S/C13H16N2O2S/c1-8-9(2)18-13(15-8)17-11-5-4-10(7-14)6-12(11)16-3/h4-6H,7,14H2,1-3H3. The summed E-state index contributed by atoms with van der Waals surface area (Å²) in [4.78, 5) is 5.49. The maximum absolute atomic E-state index is 5.74. The molecule has 96 valence electrons. The summed E-state index contributed by atoms with van der Waals surface area (Å²) in [5.41, 5.74) is 7.59. The average Bonchev–Trinajstić information content (AvgIpc) is 2.69. The second kappa shape index (κ2) is 5.37. The number of hydrogen-bond acceptors (Lipinski definition) is 5. The number of benzene rings is 1. The number of nitrogens with zero attached hydrogens (tertiary/aromatic N) is 1. The minimum absolute atomic E-state index is 0.478. The molecule has 0 saturated heterocycles. The van der Waals surface area contributed by atoms with Crippen LogP contribution >= 0.6 is 11.3 Å². The SMILES string of the molecule is COc1cc(CN)ccc1Oc1nc(C)c(C)s1. The summed E-state index contributed by atoms with van der Waals surface area (Å²) in [5.74, 6) is 1.33. The normalized spacial score (nSPS) is 10.4. The lowest BCUT2D eigenvalue weighted by Gasteiger charge is -2.09.